The fourth-order valence-electron chi connectivity index (χ4n) is 3.52. The second-order valence-corrected chi connectivity index (χ2v) is 7.10. The van der Waals surface area contributed by atoms with Crippen molar-refractivity contribution in [2.24, 2.45) is 0 Å². The normalized spacial score (nSPS) is 10.9. The molecule has 0 saturated carbocycles. The monoisotopic (exact) mass is 418 g/mol. The number of H-pyrrole nitrogens is 1. The van der Waals surface area contributed by atoms with Crippen molar-refractivity contribution in [1.82, 2.24) is 14.8 Å². The van der Waals surface area contributed by atoms with E-state index in [2.05, 4.69) is 15.4 Å². The summed E-state index contributed by atoms with van der Waals surface area (Å²) in [6.45, 7) is 7.29. The number of aryl methyl sites for hydroxylation is 1. The lowest BCUT2D eigenvalue weighted by Crippen LogP contribution is -2.17. The number of pyridine rings is 1. The molecule has 160 valence electrons. The number of benzene rings is 2. The van der Waals surface area contributed by atoms with Crippen molar-refractivity contribution in [3.05, 3.63) is 76.2 Å². The molecule has 2 N–H and O–H groups in total. The second kappa shape index (κ2) is 8.95. The van der Waals surface area contributed by atoms with Crippen LogP contribution in [0.5, 0.6) is 11.5 Å². The first-order chi connectivity index (χ1) is 15.1. The van der Waals surface area contributed by atoms with E-state index in [0.717, 1.165) is 34.0 Å². The fraction of sp³-hybridized carbons (Fsp3) is 0.250. The predicted molar refractivity (Wildman–Crippen MR) is 123 cm³/mol. The molecule has 0 aliphatic rings. The van der Waals surface area contributed by atoms with E-state index in [9.17, 15) is 4.79 Å². The maximum atomic E-state index is 12.8. The molecule has 2 aromatic heterocycles. The van der Waals surface area contributed by atoms with Gasteiger partial charge in [-0.3, -0.25) is 4.79 Å². The Kier molecular flexibility index (Phi) is 5.93. The van der Waals surface area contributed by atoms with Gasteiger partial charge in [-0.1, -0.05) is 18.2 Å². The van der Waals surface area contributed by atoms with Crippen molar-refractivity contribution in [3.8, 4) is 17.2 Å². The first-order valence-electron chi connectivity index (χ1n) is 10.4. The molecule has 0 fully saturated rings. The maximum Gasteiger partial charge on any atom is 0.254 e. The van der Waals surface area contributed by atoms with Crippen molar-refractivity contribution < 1.29 is 9.47 Å². The van der Waals surface area contributed by atoms with Crippen molar-refractivity contribution in [2.45, 2.75) is 27.3 Å². The molecule has 0 radical (unpaired) electrons. The molecule has 4 rings (SSSR count). The summed E-state index contributed by atoms with van der Waals surface area (Å²) in [4.78, 5) is 15.8. The van der Waals surface area contributed by atoms with Gasteiger partial charge < -0.3 is 19.8 Å². The van der Waals surface area contributed by atoms with E-state index in [1.54, 1.807) is 4.68 Å². The maximum absolute atomic E-state index is 12.8. The van der Waals surface area contributed by atoms with Crippen LogP contribution in [0.15, 0.2) is 59.4 Å². The number of hydrogen-bond donors (Lipinski definition) is 2. The average molecular weight is 418 g/mol. The lowest BCUT2D eigenvalue weighted by molar-refractivity contribution is 0.332. The number of fused-ring (bicyclic) bond motifs is 1. The van der Waals surface area contributed by atoms with Gasteiger partial charge in [-0.25, -0.2) is 4.68 Å². The van der Waals surface area contributed by atoms with Crippen LogP contribution in [0.1, 0.15) is 25.1 Å². The molecule has 2 heterocycles. The minimum Gasteiger partial charge on any atom is -0.494 e. The van der Waals surface area contributed by atoms with Gasteiger partial charge in [-0.15, -0.1) is 0 Å². The summed E-state index contributed by atoms with van der Waals surface area (Å²) in [6, 6.07) is 17.3. The molecule has 0 saturated heterocycles. The minimum atomic E-state index is -0.156. The van der Waals surface area contributed by atoms with Gasteiger partial charge >= 0.3 is 0 Å². The summed E-state index contributed by atoms with van der Waals surface area (Å²) >= 11 is 0. The summed E-state index contributed by atoms with van der Waals surface area (Å²) in [7, 11) is 0. The van der Waals surface area contributed by atoms with E-state index >= 15 is 0 Å². The molecule has 0 aliphatic heterocycles. The zero-order chi connectivity index (χ0) is 21.8. The molecule has 31 heavy (non-hydrogen) atoms. The summed E-state index contributed by atoms with van der Waals surface area (Å²) in [5, 5.41) is 8.86. The van der Waals surface area contributed by atoms with Crippen LogP contribution in [0.4, 0.5) is 5.69 Å². The van der Waals surface area contributed by atoms with E-state index in [1.807, 2.05) is 75.4 Å². The highest BCUT2D eigenvalue weighted by molar-refractivity contribution is 5.80. The minimum absolute atomic E-state index is 0.156. The van der Waals surface area contributed by atoms with E-state index in [-0.39, 0.29) is 5.56 Å². The highest BCUT2D eigenvalue weighted by Gasteiger charge is 2.13. The van der Waals surface area contributed by atoms with Gasteiger partial charge in [0, 0.05) is 23.6 Å². The molecule has 2 aromatic carbocycles. The molecular formula is C24H26N4O3. The summed E-state index contributed by atoms with van der Waals surface area (Å²) < 4.78 is 13.1. The van der Waals surface area contributed by atoms with Crippen LogP contribution in [-0.4, -0.2) is 28.0 Å². The Hall–Kier alpha value is -3.74. The third-order valence-electron chi connectivity index (χ3n) is 4.98. The Bertz CT molecular complexity index is 1250. The van der Waals surface area contributed by atoms with Crippen LogP contribution >= 0.6 is 0 Å². The smallest absolute Gasteiger partial charge is 0.254 e. The van der Waals surface area contributed by atoms with Crippen molar-refractivity contribution in [1.29, 1.82) is 0 Å². The third kappa shape index (κ3) is 4.26. The second-order valence-electron chi connectivity index (χ2n) is 7.10. The number of hydrogen-bond acceptors (Lipinski definition) is 5. The van der Waals surface area contributed by atoms with Crippen LogP contribution in [0.3, 0.4) is 0 Å². The molecule has 7 heteroatoms. The zero-order valence-corrected chi connectivity index (χ0v) is 17.9. The molecule has 0 bridgehead atoms. The van der Waals surface area contributed by atoms with Crippen LogP contribution in [0.2, 0.25) is 0 Å². The number of rotatable bonds is 8. The summed E-state index contributed by atoms with van der Waals surface area (Å²) in [5.41, 5.74) is 3.68. The van der Waals surface area contributed by atoms with E-state index in [1.165, 1.54) is 0 Å². The van der Waals surface area contributed by atoms with Crippen LogP contribution in [0.25, 0.3) is 16.7 Å². The van der Waals surface area contributed by atoms with E-state index < -0.39 is 0 Å². The first kappa shape index (κ1) is 20.5. The predicted octanol–water partition coefficient (Wildman–Crippen LogP) is 4.43. The number of nitrogens with zero attached hydrogens (tertiary/aromatic N) is 2. The molecule has 0 aliphatic carbocycles. The molecule has 0 amide bonds. The van der Waals surface area contributed by atoms with Crippen molar-refractivity contribution in [3.63, 3.8) is 0 Å². The van der Waals surface area contributed by atoms with Gasteiger partial charge in [0.05, 0.1) is 30.3 Å². The topological polar surface area (TPSA) is 81.2 Å². The Morgan fingerprint density at radius 1 is 1.03 bits per heavy atom. The van der Waals surface area contributed by atoms with E-state index in [0.29, 0.717) is 31.0 Å². The van der Waals surface area contributed by atoms with E-state index in [4.69, 9.17) is 9.47 Å². The average Bonchev–Trinajstić information content (AvgIpc) is 3.10. The summed E-state index contributed by atoms with van der Waals surface area (Å²) in [5.74, 6) is 1.47. The summed E-state index contributed by atoms with van der Waals surface area (Å²) in [6.07, 6.45) is 0. The number of aromatic amines is 1. The standard InChI is InChI=1S/C24H26N4O3/c1-4-30-19-11-12-22(31-5-2)21(14-19)25-15-17-13-20-16(3)27-28(23(20)26-24(17)29)18-9-7-6-8-10-18/h6-14,25H,4-5,15H2,1-3H3,(H,26,29). The number of para-hydroxylation sites is 1. The molecule has 0 spiro atoms. The van der Waals surface area contributed by atoms with Crippen molar-refractivity contribution in [2.75, 3.05) is 18.5 Å². The van der Waals surface area contributed by atoms with Gasteiger partial charge in [0.25, 0.3) is 5.56 Å². The molecule has 4 aromatic rings. The van der Waals surface area contributed by atoms with Gasteiger partial charge in [0.1, 0.15) is 17.1 Å². The molecule has 0 atom stereocenters. The van der Waals surface area contributed by atoms with Crippen LogP contribution in [0, 0.1) is 6.92 Å². The van der Waals surface area contributed by atoms with Crippen molar-refractivity contribution >= 4 is 16.7 Å². The van der Waals surface area contributed by atoms with Gasteiger partial charge in [-0.2, -0.15) is 5.10 Å². The first-order valence-corrected chi connectivity index (χ1v) is 10.4. The SMILES string of the molecule is CCOc1ccc(OCC)c(NCc2cc3c(C)nn(-c4ccccc4)c3[nH]c2=O)c1. The Labute approximate surface area is 180 Å². The Balaban J connectivity index is 1.66. The number of ether oxygens (including phenoxy) is 2. The quantitative estimate of drug-likeness (QED) is 0.442. The molecule has 0 unspecified atom stereocenters. The largest absolute Gasteiger partial charge is 0.494 e. The zero-order valence-electron chi connectivity index (χ0n) is 17.9. The highest BCUT2D eigenvalue weighted by Crippen LogP contribution is 2.30. The number of aromatic nitrogens is 3. The van der Waals surface area contributed by atoms with Crippen LogP contribution < -0.4 is 20.3 Å². The Morgan fingerprint density at radius 2 is 1.81 bits per heavy atom. The third-order valence-corrected chi connectivity index (χ3v) is 4.98. The van der Waals surface area contributed by atoms with Gasteiger partial charge in [-0.05, 0) is 51.1 Å². The lowest BCUT2D eigenvalue weighted by Gasteiger charge is -2.14. The number of nitrogens with one attached hydrogen (secondary N) is 2. The lowest BCUT2D eigenvalue weighted by atomic mass is 10.2. The van der Waals surface area contributed by atoms with Gasteiger partial charge in [0.2, 0.25) is 0 Å². The number of anilines is 1. The Morgan fingerprint density at radius 3 is 2.55 bits per heavy atom. The van der Waals surface area contributed by atoms with Gasteiger partial charge in [0.15, 0.2) is 0 Å². The van der Waals surface area contributed by atoms with Crippen LogP contribution in [-0.2, 0) is 6.54 Å². The molecular weight excluding hydrogens is 392 g/mol. The molecule has 7 nitrogen and oxygen atoms in total. The highest BCUT2D eigenvalue weighted by atomic mass is 16.5. The fourth-order valence-corrected chi connectivity index (χ4v) is 3.52.